The molecular weight excluding hydrogens is 415 g/mol. The number of hydrogen-bond acceptors (Lipinski definition) is 5. The molecule has 1 aliphatic rings. The molecule has 2 aromatic carbocycles. The smallest absolute Gasteiger partial charge is 0.293 e. The second-order valence-electron chi connectivity index (χ2n) is 6.48. The van der Waals surface area contributed by atoms with Gasteiger partial charge in [-0.3, -0.25) is 14.9 Å². The van der Waals surface area contributed by atoms with Crippen molar-refractivity contribution in [1.29, 1.82) is 5.26 Å². The summed E-state index contributed by atoms with van der Waals surface area (Å²) in [5.41, 5.74) is 1.00. The van der Waals surface area contributed by atoms with E-state index in [-0.39, 0.29) is 11.3 Å². The average molecular weight is 431 g/mol. The highest BCUT2D eigenvalue weighted by atomic mass is 35.5. The molecule has 3 rings (SSSR count). The van der Waals surface area contributed by atoms with Crippen molar-refractivity contribution >= 4 is 52.2 Å². The fourth-order valence-corrected chi connectivity index (χ4v) is 3.67. The second-order valence-corrected chi connectivity index (χ2v) is 7.35. The van der Waals surface area contributed by atoms with Crippen molar-refractivity contribution in [1.82, 2.24) is 0 Å². The number of carbonyl (C=O) groups is 1. The predicted octanol–water partition coefficient (Wildman–Crippen LogP) is 5.05. The van der Waals surface area contributed by atoms with Crippen molar-refractivity contribution in [2.75, 3.05) is 23.3 Å². The number of benzene rings is 2. The normalized spacial score (nSPS) is 13.8. The third kappa shape index (κ3) is 5.05. The van der Waals surface area contributed by atoms with Gasteiger partial charge in [0.25, 0.3) is 11.6 Å². The molecule has 0 atom stereocenters. The number of amides is 1. The third-order valence-electron chi connectivity index (χ3n) is 4.44. The molecule has 1 saturated heterocycles. The highest BCUT2D eigenvalue weighted by Gasteiger charge is 2.22. The highest BCUT2D eigenvalue weighted by Crippen LogP contribution is 2.32. The van der Waals surface area contributed by atoms with Gasteiger partial charge in [0.2, 0.25) is 0 Å². The van der Waals surface area contributed by atoms with E-state index in [1.165, 1.54) is 30.3 Å². The molecule has 0 saturated carbocycles. The van der Waals surface area contributed by atoms with Crippen LogP contribution in [-0.2, 0) is 4.79 Å². The molecule has 0 spiro atoms. The van der Waals surface area contributed by atoms with E-state index in [0.29, 0.717) is 27.0 Å². The topological polar surface area (TPSA) is 99.3 Å². The van der Waals surface area contributed by atoms with Gasteiger partial charge in [0, 0.05) is 34.9 Å². The van der Waals surface area contributed by atoms with Crippen molar-refractivity contribution in [3.8, 4) is 6.07 Å². The summed E-state index contributed by atoms with van der Waals surface area (Å²) < 4.78 is 0. The van der Waals surface area contributed by atoms with Crippen LogP contribution in [0.4, 0.5) is 17.1 Å². The van der Waals surface area contributed by atoms with Crippen molar-refractivity contribution in [2.24, 2.45) is 0 Å². The number of nitriles is 1. The molecule has 0 unspecified atom stereocenters. The summed E-state index contributed by atoms with van der Waals surface area (Å²) in [4.78, 5) is 25.5. The van der Waals surface area contributed by atoms with Crippen LogP contribution in [0.15, 0.2) is 42.0 Å². The molecule has 7 nitrogen and oxygen atoms in total. The Kier molecular flexibility index (Phi) is 6.37. The molecular formula is C20H16Cl2N4O3. The summed E-state index contributed by atoms with van der Waals surface area (Å²) in [6.07, 6.45) is 3.29. The lowest BCUT2D eigenvalue weighted by atomic mass is 10.1. The van der Waals surface area contributed by atoms with Gasteiger partial charge in [-0.2, -0.15) is 5.26 Å². The van der Waals surface area contributed by atoms with Gasteiger partial charge >= 0.3 is 0 Å². The molecule has 0 radical (unpaired) electrons. The van der Waals surface area contributed by atoms with Crippen LogP contribution in [0.3, 0.4) is 0 Å². The quantitative estimate of drug-likeness (QED) is 0.309. The van der Waals surface area contributed by atoms with Gasteiger partial charge in [-0.1, -0.05) is 29.3 Å². The number of halogens is 2. The Labute approximate surface area is 177 Å². The van der Waals surface area contributed by atoms with Crippen LogP contribution < -0.4 is 10.2 Å². The van der Waals surface area contributed by atoms with E-state index in [0.717, 1.165) is 25.9 Å². The first-order valence-electron chi connectivity index (χ1n) is 8.80. The predicted molar refractivity (Wildman–Crippen MR) is 113 cm³/mol. The number of nitrogens with zero attached hydrogens (tertiary/aromatic N) is 3. The summed E-state index contributed by atoms with van der Waals surface area (Å²) in [6.45, 7) is 1.54. The second kappa shape index (κ2) is 8.95. The largest absolute Gasteiger partial charge is 0.366 e. The van der Waals surface area contributed by atoms with Crippen LogP contribution in [0.2, 0.25) is 10.0 Å². The molecule has 0 aliphatic carbocycles. The number of nitro benzene ring substituents is 1. The van der Waals surface area contributed by atoms with Gasteiger partial charge in [0.15, 0.2) is 0 Å². The fourth-order valence-electron chi connectivity index (χ4n) is 3.14. The lowest BCUT2D eigenvalue weighted by molar-refractivity contribution is -0.384. The maximum Gasteiger partial charge on any atom is 0.293 e. The highest BCUT2D eigenvalue weighted by molar-refractivity contribution is 6.35. The van der Waals surface area contributed by atoms with E-state index in [4.69, 9.17) is 23.2 Å². The van der Waals surface area contributed by atoms with Gasteiger partial charge in [-0.25, -0.2) is 0 Å². The summed E-state index contributed by atoms with van der Waals surface area (Å²) in [7, 11) is 0. The average Bonchev–Trinajstić information content (AvgIpc) is 3.19. The van der Waals surface area contributed by atoms with E-state index in [2.05, 4.69) is 5.32 Å². The molecule has 0 aromatic heterocycles. The van der Waals surface area contributed by atoms with E-state index >= 15 is 0 Å². The summed E-state index contributed by atoms with van der Waals surface area (Å²) in [5.74, 6) is -0.669. The van der Waals surface area contributed by atoms with Crippen LogP contribution in [0.1, 0.15) is 18.4 Å². The van der Waals surface area contributed by atoms with Crippen LogP contribution in [0.5, 0.6) is 0 Å². The minimum Gasteiger partial charge on any atom is -0.366 e. The molecule has 0 bridgehead atoms. The zero-order chi connectivity index (χ0) is 21.0. The van der Waals surface area contributed by atoms with E-state index in [1.54, 1.807) is 12.1 Å². The maximum absolute atomic E-state index is 12.4. The zero-order valence-electron chi connectivity index (χ0n) is 15.2. The Morgan fingerprint density at radius 2 is 1.83 bits per heavy atom. The SMILES string of the molecule is N#C/C(=C/c1ccc(N2CCCC2)c([N+](=O)[O-])c1)C(=O)Nc1cc(Cl)cc(Cl)c1. The van der Waals surface area contributed by atoms with Crippen LogP contribution >= 0.6 is 23.2 Å². The van der Waals surface area contributed by atoms with Gasteiger partial charge < -0.3 is 10.2 Å². The zero-order valence-corrected chi connectivity index (χ0v) is 16.7. The molecule has 1 amide bonds. The van der Waals surface area contributed by atoms with Crippen molar-refractivity contribution in [2.45, 2.75) is 12.8 Å². The first-order chi connectivity index (χ1) is 13.9. The lowest BCUT2D eigenvalue weighted by Gasteiger charge is -2.17. The summed E-state index contributed by atoms with van der Waals surface area (Å²) in [5, 5.41) is 24.1. The molecule has 148 valence electrons. The Hall–Kier alpha value is -3.08. The van der Waals surface area contributed by atoms with Crippen LogP contribution in [0, 0.1) is 21.4 Å². The third-order valence-corrected chi connectivity index (χ3v) is 4.88. The van der Waals surface area contributed by atoms with E-state index in [1.807, 2.05) is 11.0 Å². The van der Waals surface area contributed by atoms with Crippen molar-refractivity contribution < 1.29 is 9.72 Å². The Balaban J connectivity index is 1.88. The monoisotopic (exact) mass is 430 g/mol. The number of rotatable bonds is 5. The van der Waals surface area contributed by atoms with Gasteiger partial charge in [0.05, 0.1) is 4.92 Å². The Morgan fingerprint density at radius 3 is 2.41 bits per heavy atom. The standard InChI is InChI=1S/C20H16Cl2N4O3/c21-15-9-16(22)11-17(10-15)24-20(27)14(12-23)7-13-3-4-18(19(8-13)26(28)29)25-5-1-2-6-25/h3-4,7-11H,1-2,5-6H2,(H,24,27)/b14-7-. The molecule has 1 N–H and O–H groups in total. The molecule has 1 heterocycles. The molecule has 1 fully saturated rings. The number of anilines is 2. The summed E-state index contributed by atoms with van der Waals surface area (Å²) in [6, 6.07) is 11.0. The number of nitrogens with one attached hydrogen (secondary N) is 1. The van der Waals surface area contributed by atoms with Gasteiger partial charge in [0.1, 0.15) is 17.3 Å². The van der Waals surface area contributed by atoms with Crippen LogP contribution in [0.25, 0.3) is 6.08 Å². The van der Waals surface area contributed by atoms with E-state index < -0.39 is 10.8 Å². The molecule has 1 aliphatic heterocycles. The first-order valence-corrected chi connectivity index (χ1v) is 9.55. The maximum atomic E-state index is 12.4. The molecule has 9 heteroatoms. The van der Waals surface area contributed by atoms with E-state index in [9.17, 15) is 20.2 Å². The molecule has 29 heavy (non-hydrogen) atoms. The summed E-state index contributed by atoms with van der Waals surface area (Å²) >= 11 is 11.8. The van der Waals surface area contributed by atoms with Crippen molar-refractivity contribution in [3.05, 3.63) is 67.7 Å². The first kappa shape index (κ1) is 20.6. The number of nitro groups is 1. The minimum atomic E-state index is -0.669. The molecule has 2 aromatic rings. The van der Waals surface area contributed by atoms with Gasteiger partial charge in [-0.15, -0.1) is 0 Å². The lowest BCUT2D eigenvalue weighted by Crippen LogP contribution is -2.18. The fraction of sp³-hybridized carbons (Fsp3) is 0.200. The number of hydrogen-bond donors (Lipinski definition) is 1. The van der Waals surface area contributed by atoms with Crippen LogP contribution in [-0.4, -0.2) is 23.9 Å². The number of carbonyl (C=O) groups excluding carboxylic acids is 1. The van der Waals surface area contributed by atoms with Gasteiger partial charge in [-0.05, 0) is 48.7 Å². The minimum absolute atomic E-state index is 0.0556. The Morgan fingerprint density at radius 1 is 1.17 bits per heavy atom. The Bertz CT molecular complexity index is 1020. The van der Waals surface area contributed by atoms with Crippen molar-refractivity contribution in [3.63, 3.8) is 0 Å².